The molecule has 9 heteroatoms. The third-order valence-corrected chi connectivity index (χ3v) is 5.97. The number of aryl methyl sites for hydroxylation is 1. The number of aromatic nitrogens is 2. The molecule has 0 saturated heterocycles. The van der Waals surface area contributed by atoms with Crippen LogP contribution in [0, 0.1) is 18.6 Å². The number of urea groups is 1. The molecule has 0 aliphatic rings. The molecular weight excluding hydrogens is 466 g/mol. The van der Waals surface area contributed by atoms with Crippen LogP contribution in [0.1, 0.15) is 24.4 Å². The molecule has 186 valence electrons. The Morgan fingerprint density at radius 1 is 1.11 bits per heavy atom. The molecule has 36 heavy (non-hydrogen) atoms. The summed E-state index contributed by atoms with van der Waals surface area (Å²) in [5, 5.41) is 2.94. The maximum Gasteiger partial charge on any atom is 0.322 e. The summed E-state index contributed by atoms with van der Waals surface area (Å²) in [4.78, 5) is 33.2. The summed E-state index contributed by atoms with van der Waals surface area (Å²) in [5.74, 6) is -1.32. The summed E-state index contributed by atoms with van der Waals surface area (Å²) in [6.45, 7) is 3.94. The first-order valence-electron chi connectivity index (χ1n) is 11.4. The highest BCUT2D eigenvalue weighted by Crippen LogP contribution is 2.25. The van der Waals surface area contributed by atoms with Crippen LogP contribution in [0.4, 0.5) is 19.3 Å². The van der Waals surface area contributed by atoms with Gasteiger partial charge in [0, 0.05) is 19.7 Å². The molecule has 2 amide bonds. The lowest BCUT2D eigenvalue weighted by Gasteiger charge is -2.30. The topological polar surface area (TPSA) is 76.5 Å². The van der Waals surface area contributed by atoms with Gasteiger partial charge >= 0.3 is 6.03 Å². The van der Waals surface area contributed by atoms with E-state index in [9.17, 15) is 18.4 Å². The van der Waals surface area contributed by atoms with E-state index in [1.807, 2.05) is 31.2 Å². The molecule has 0 bridgehead atoms. The van der Waals surface area contributed by atoms with E-state index in [0.29, 0.717) is 28.5 Å². The van der Waals surface area contributed by atoms with Gasteiger partial charge in [0.15, 0.2) is 0 Å². The minimum Gasteiger partial charge on any atom is -0.383 e. The Kier molecular flexibility index (Phi) is 7.40. The predicted octanol–water partition coefficient (Wildman–Crippen LogP) is 5.21. The van der Waals surface area contributed by atoms with E-state index in [0.717, 1.165) is 17.7 Å². The van der Waals surface area contributed by atoms with Crippen molar-refractivity contribution in [3.63, 3.8) is 0 Å². The zero-order chi connectivity index (χ0) is 25.8. The fourth-order valence-corrected chi connectivity index (χ4v) is 4.06. The molecule has 4 rings (SSSR count). The number of fused-ring (bicyclic) bond motifs is 1. The van der Waals surface area contributed by atoms with Crippen molar-refractivity contribution in [1.82, 2.24) is 14.5 Å². The van der Waals surface area contributed by atoms with Crippen LogP contribution < -0.4 is 10.9 Å². The van der Waals surface area contributed by atoms with E-state index in [4.69, 9.17) is 9.72 Å². The Balaban J connectivity index is 1.84. The number of carbonyl (C=O) groups excluding carboxylic acids is 1. The summed E-state index contributed by atoms with van der Waals surface area (Å²) in [6.07, 6.45) is 0. The number of halogens is 2. The molecule has 0 aliphatic carbocycles. The second-order valence-electron chi connectivity index (χ2n) is 8.33. The Hall–Kier alpha value is -4.11. The van der Waals surface area contributed by atoms with Gasteiger partial charge in [-0.25, -0.2) is 18.6 Å². The number of nitrogens with zero attached hydrogens (tertiary/aromatic N) is 3. The van der Waals surface area contributed by atoms with Crippen molar-refractivity contribution in [2.45, 2.75) is 19.9 Å². The van der Waals surface area contributed by atoms with E-state index in [1.54, 1.807) is 31.2 Å². The first-order chi connectivity index (χ1) is 17.3. The summed E-state index contributed by atoms with van der Waals surface area (Å²) in [7, 11) is 1.50. The number of amides is 2. The third-order valence-electron chi connectivity index (χ3n) is 5.97. The first-order valence-corrected chi connectivity index (χ1v) is 11.4. The van der Waals surface area contributed by atoms with Crippen molar-refractivity contribution < 1.29 is 18.3 Å². The minimum absolute atomic E-state index is 0.128. The van der Waals surface area contributed by atoms with Crippen LogP contribution in [0.5, 0.6) is 0 Å². The molecule has 0 spiro atoms. The summed E-state index contributed by atoms with van der Waals surface area (Å²) in [5.41, 5.74) is 1.55. The summed E-state index contributed by atoms with van der Waals surface area (Å²) in [6, 6.07) is 15.9. The van der Waals surface area contributed by atoms with E-state index < -0.39 is 23.7 Å². The number of carbonyl (C=O) groups is 1. The fourth-order valence-electron chi connectivity index (χ4n) is 4.06. The predicted molar refractivity (Wildman–Crippen MR) is 134 cm³/mol. The first kappa shape index (κ1) is 25.0. The molecule has 3 aromatic carbocycles. The molecule has 1 heterocycles. The number of benzene rings is 3. The second-order valence-corrected chi connectivity index (χ2v) is 8.33. The van der Waals surface area contributed by atoms with Crippen LogP contribution in [0.15, 0.2) is 71.5 Å². The largest absolute Gasteiger partial charge is 0.383 e. The van der Waals surface area contributed by atoms with Gasteiger partial charge in [-0.15, -0.1) is 0 Å². The molecule has 7 nitrogen and oxygen atoms in total. The van der Waals surface area contributed by atoms with Crippen LogP contribution in [0.3, 0.4) is 0 Å². The summed E-state index contributed by atoms with van der Waals surface area (Å²) < 4.78 is 34.3. The molecule has 0 radical (unpaired) electrons. The Bertz CT molecular complexity index is 1470. The second kappa shape index (κ2) is 10.7. The Morgan fingerprint density at radius 2 is 1.83 bits per heavy atom. The lowest BCUT2D eigenvalue weighted by atomic mass is 10.1. The molecule has 1 atom stereocenters. The van der Waals surface area contributed by atoms with Gasteiger partial charge in [0.25, 0.3) is 5.56 Å². The number of nitrogens with one attached hydrogen (secondary N) is 1. The highest BCUT2D eigenvalue weighted by atomic mass is 19.1. The van der Waals surface area contributed by atoms with Crippen molar-refractivity contribution in [2.24, 2.45) is 0 Å². The number of hydrogen-bond acceptors (Lipinski definition) is 4. The third kappa shape index (κ3) is 4.96. The number of para-hydroxylation sites is 2. The SMILES string of the molecule is COCCN(C(=O)Nc1ccc(F)cc1F)C(C)c1nc2ccccc2c(=O)n1-c1ccccc1C. The average molecular weight is 493 g/mol. The molecule has 0 fully saturated rings. The number of rotatable bonds is 7. The monoisotopic (exact) mass is 492 g/mol. The quantitative estimate of drug-likeness (QED) is 0.384. The van der Waals surface area contributed by atoms with Crippen molar-refractivity contribution in [3.05, 3.63) is 100 Å². The molecule has 0 aliphatic heterocycles. The minimum atomic E-state index is -0.900. The van der Waals surface area contributed by atoms with Gasteiger partial charge < -0.3 is 15.0 Å². The maximum absolute atomic E-state index is 14.3. The lowest BCUT2D eigenvalue weighted by Crippen LogP contribution is -2.41. The van der Waals surface area contributed by atoms with E-state index in [2.05, 4.69) is 5.32 Å². The Labute approximate surface area is 207 Å². The fraction of sp³-hybridized carbons (Fsp3) is 0.222. The molecule has 1 unspecified atom stereocenters. The zero-order valence-electron chi connectivity index (χ0n) is 20.2. The average Bonchev–Trinajstić information content (AvgIpc) is 2.86. The summed E-state index contributed by atoms with van der Waals surface area (Å²) >= 11 is 0. The number of ether oxygens (including phenoxy) is 1. The maximum atomic E-state index is 14.3. The van der Waals surface area contributed by atoms with Gasteiger partial charge in [0.1, 0.15) is 17.5 Å². The Morgan fingerprint density at radius 3 is 2.56 bits per heavy atom. The van der Waals surface area contributed by atoms with E-state index in [1.165, 1.54) is 16.6 Å². The molecular formula is C27H26F2N4O3. The molecule has 4 aromatic rings. The van der Waals surface area contributed by atoms with Crippen LogP contribution in [-0.4, -0.2) is 40.7 Å². The van der Waals surface area contributed by atoms with Gasteiger partial charge in [-0.3, -0.25) is 9.36 Å². The van der Waals surface area contributed by atoms with Crippen LogP contribution in [0.2, 0.25) is 0 Å². The standard InChI is InChI=1S/C27H26F2N4O3/c1-17-8-4-7-11-24(17)33-25(30-22-10-6-5-9-20(22)26(33)34)18(2)32(14-15-36-3)27(35)31-23-13-12-19(28)16-21(23)29/h4-13,16,18H,14-15H2,1-3H3,(H,31,35). The van der Waals surface area contributed by atoms with E-state index >= 15 is 0 Å². The molecule has 0 saturated carbocycles. The van der Waals surface area contributed by atoms with Gasteiger partial charge in [-0.2, -0.15) is 0 Å². The van der Waals surface area contributed by atoms with Crippen LogP contribution in [0.25, 0.3) is 16.6 Å². The van der Waals surface area contributed by atoms with Crippen molar-refractivity contribution in [1.29, 1.82) is 0 Å². The van der Waals surface area contributed by atoms with Crippen LogP contribution in [-0.2, 0) is 4.74 Å². The lowest BCUT2D eigenvalue weighted by molar-refractivity contribution is 0.137. The van der Waals surface area contributed by atoms with Gasteiger partial charge in [-0.05, 0) is 49.7 Å². The number of anilines is 1. The molecule has 1 aromatic heterocycles. The van der Waals surface area contributed by atoms with Gasteiger partial charge in [-0.1, -0.05) is 30.3 Å². The molecule has 1 N–H and O–H groups in total. The van der Waals surface area contributed by atoms with Crippen molar-refractivity contribution >= 4 is 22.6 Å². The normalized spacial score (nSPS) is 11.9. The zero-order valence-corrected chi connectivity index (χ0v) is 20.2. The van der Waals surface area contributed by atoms with Gasteiger partial charge in [0.2, 0.25) is 0 Å². The van der Waals surface area contributed by atoms with Crippen molar-refractivity contribution in [3.8, 4) is 5.69 Å². The number of methoxy groups -OCH3 is 1. The van der Waals surface area contributed by atoms with Crippen molar-refractivity contribution in [2.75, 3.05) is 25.6 Å². The highest BCUT2D eigenvalue weighted by molar-refractivity contribution is 5.89. The number of hydrogen-bond donors (Lipinski definition) is 1. The van der Waals surface area contributed by atoms with Crippen LogP contribution >= 0.6 is 0 Å². The highest BCUT2D eigenvalue weighted by Gasteiger charge is 2.27. The van der Waals surface area contributed by atoms with E-state index in [-0.39, 0.29) is 24.4 Å². The van der Waals surface area contributed by atoms with Gasteiger partial charge in [0.05, 0.1) is 34.9 Å². The smallest absolute Gasteiger partial charge is 0.322 e.